The van der Waals surface area contributed by atoms with E-state index in [1.807, 2.05) is 19.9 Å². The Morgan fingerprint density at radius 3 is 2.31 bits per heavy atom. The molecule has 0 aliphatic rings. The minimum Gasteiger partial charge on any atom is -0.495 e. The molecule has 0 heterocycles. The van der Waals surface area contributed by atoms with E-state index in [1.54, 1.807) is 12.1 Å². The Balaban J connectivity index is 2.25. The predicted octanol–water partition coefficient (Wildman–Crippen LogP) is 3.96. The highest BCUT2D eigenvalue weighted by molar-refractivity contribution is 7.89. The average molecular weight is 459 g/mol. The Kier molecular flexibility index (Phi) is 7.22. The summed E-state index contributed by atoms with van der Waals surface area (Å²) in [5.41, 5.74) is 0.712. The molecule has 1 N–H and O–H groups in total. The molecule has 2 aromatic carbocycles. The van der Waals surface area contributed by atoms with Crippen molar-refractivity contribution in [1.82, 2.24) is 9.62 Å². The van der Waals surface area contributed by atoms with Crippen LogP contribution >= 0.6 is 23.2 Å². The van der Waals surface area contributed by atoms with E-state index in [-0.39, 0.29) is 16.2 Å². The predicted molar refractivity (Wildman–Crippen MR) is 116 cm³/mol. The van der Waals surface area contributed by atoms with Gasteiger partial charge in [-0.05, 0) is 35.9 Å². The number of methoxy groups -OCH3 is 1. The normalized spacial score (nSPS) is 12.1. The van der Waals surface area contributed by atoms with Crippen LogP contribution in [-0.4, -0.2) is 46.4 Å². The quantitative estimate of drug-likeness (QED) is 0.680. The fourth-order valence-corrected chi connectivity index (χ4v) is 4.01. The van der Waals surface area contributed by atoms with Crippen LogP contribution in [0.1, 0.15) is 29.8 Å². The summed E-state index contributed by atoms with van der Waals surface area (Å²) in [5, 5.41) is 3.76. The van der Waals surface area contributed by atoms with Crippen molar-refractivity contribution in [3.63, 3.8) is 0 Å². The van der Waals surface area contributed by atoms with E-state index in [9.17, 15) is 13.2 Å². The van der Waals surface area contributed by atoms with Gasteiger partial charge in [0.1, 0.15) is 10.6 Å². The van der Waals surface area contributed by atoms with E-state index in [4.69, 9.17) is 27.9 Å². The second-order valence-electron chi connectivity index (χ2n) is 7.35. The molecule has 2 rings (SSSR count). The standard InChI is InChI=1S/C20H24Cl2N2O4S/c1-20(2,14-7-8-15(21)16(22)11-14)12-23-19(25)13-6-9-17(28-5)18(10-13)29(26,27)24(3)4/h6-11H,12H2,1-5H3,(H,23,25). The van der Waals surface area contributed by atoms with Gasteiger partial charge in [-0.15, -0.1) is 0 Å². The van der Waals surface area contributed by atoms with Crippen molar-refractivity contribution in [3.8, 4) is 5.75 Å². The fourth-order valence-electron chi connectivity index (χ4n) is 2.64. The Morgan fingerprint density at radius 1 is 1.10 bits per heavy atom. The SMILES string of the molecule is COc1ccc(C(=O)NCC(C)(C)c2ccc(Cl)c(Cl)c2)cc1S(=O)(=O)N(C)C. The molecule has 29 heavy (non-hydrogen) atoms. The van der Waals surface area contributed by atoms with Crippen molar-refractivity contribution in [2.45, 2.75) is 24.2 Å². The summed E-state index contributed by atoms with van der Waals surface area (Å²) in [5.74, 6) is -0.220. The number of sulfonamides is 1. The number of rotatable bonds is 7. The summed E-state index contributed by atoms with van der Waals surface area (Å²) >= 11 is 12.1. The van der Waals surface area contributed by atoms with E-state index in [1.165, 1.54) is 39.4 Å². The molecule has 0 spiro atoms. The maximum atomic E-state index is 12.7. The molecule has 6 nitrogen and oxygen atoms in total. The van der Waals surface area contributed by atoms with Gasteiger partial charge < -0.3 is 10.1 Å². The van der Waals surface area contributed by atoms with Crippen molar-refractivity contribution in [1.29, 1.82) is 0 Å². The third-order valence-electron chi connectivity index (χ3n) is 4.58. The lowest BCUT2D eigenvalue weighted by Gasteiger charge is -2.26. The first-order valence-electron chi connectivity index (χ1n) is 8.74. The van der Waals surface area contributed by atoms with Gasteiger partial charge in [-0.2, -0.15) is 0 Å². The van der Waals surface area contributed by atoms with Gasteiger partial charge in [-0.3, -0.25) is 4.79 Å². The Morgan fingerprint density at radius 2 is 1.76 bits per heavy atom. The van der Waals surface area contributed by atoms with Crippen LogP contribution in [0.25, 0.3) is 0 Å². The highest BCUT2D eigenvalue weighted by atomic mass is 35.5. The summed E-state index contributed by atoms with van der Waals surface area (Å²) in [6, 6.07) is 9.64. The number of benzene rings is 2. The zero-order valence-electron chi connectivity index (χ0n) is 16.9. The second kappa shape index (κ2) is 8.92. The van der Waals surface area contributed by atoms with Crippen LogP contribution in [0.2, 0.25) is 10.0 Å². The van der Waals surface area contributed by atoms with E-state index >= 15 is 0 Å². The Bertz CT molecular complexity index is 1020. The van der Waals surface area contributed by atoms with Crippen LogP contribution in [0, 0.1) is 0 Å². The number of carbonyl (C=O) groups excluding carboxylic acids is 1. The van der Waals surface area contributed by atoms with E-state index in [2.05, 4.69) is 5.32 Å². The first-order chi connectivity index (χ1) is 13.4. The Labute approximate surface area is 181 Å². The lowest BCUT2D eigenvalue weighted by molar-refractivity contribution is 0.0945. The number of ether oxygens (including phenoxy) is 1. The lowest BCUT2D eigenvalue weighted by atomic mass is 9.84. The van der Waals surface area contributed by atoms with Gasteiger partial charge in [0.05, 0.1) is 17.2 Å². The van der Waals surface area contributed by atoms with Gasteiger partial charge in [0.15, 0.2) is 0 Å². The number of nitrogens with zero attached hydrogens (tertiary/aromatic N) is 1. The van der Waals surface area contributed by atoms with Crippen LogP contribution < -0.4 is 10.1 Å². The van der Waals surface area contributed by atoms with Crippen LogP contribution in [0.3, 0.4) is 0 Å². The van der Waals surface area contributed by atoms with Crippen molar-refractivity contribution in [2.24, 2.45) is 0 Å². The first kappa shape index (κ1) is 23.5. The molecule has 0 atom stereocenters. The summed E-state index contributed by atoms with van der Waals surface area (Å²) in [7, 11) is 0.445. The number of amides is 1. The van der Waals surface area contributed by atoms with Crippen LogP contribution in [0.4, 0.5) is 0 Å². The van der Waals surface area contributed by atoms with Gasteiger partial charge >= 0.3 is 0 Å². The maximum Gasteiger partial charge on any atom is 0.251 e. The minimum absolute atomic E-state index is 0.0682. The first-order valence-corrected chi connectivity index (χ1v) is 10.9. The van der Waals surface area contributed by atoms with Gasteiger partial charge in [0, 0.05) is 31.6 Å². The van der Waals surface area contributed by atoms with E-state index in [0.717, 1.165) is 9.87 Å². The summed E-state index contributed by atoms with van der Waals surface area (Å²) in [4.78, 5) is 12.6. The second-order valence-corrected chi connectivity index (χ2v) is 10.3. The zero-order valence-corrected chi connectivity index (χ0v) is 19.2. The third kappa shape index (κ3) is 5.22. The van der Waals surface area contributed by atoms with Gasteiger partial charge in [-0.1, -0.05) is 43.1 Å². The largest absolute Gasteiger partial charge is 0.495 e. The average Bonchev–Trinajstić information content (AvgIpc) is 2.67. The molecule has 0 saturated heterocycles. The molecule has 158 valence electrons. The molecule has 0 unspecified atom stereocenters. The van der Waals surface area contributed by atoms with Crippen molar-refractivity contribution in [3.05, 3.63) is 57.6 Å². The Hall–Kier alpha value is -1.80. The molecule has 0 aliphatic carbocycles. The van der Waals surface area contributed by atoms with Crippen LogP contribution in [0.15, 0.2) is 41.3 Å². The number of hydrogen-bond donors (Lipinski definition) is 1. The van der Waals surface area contributed by atoms with Crippen molar-refractivity contribution >= 4 is 39.1 Å². The molecule has 1 amide bonds. The maximum absolute atomic E-state index is 12.7. The van der Waals surface area contributed by atoms with Gasteiger partial charge in [0.25, 0.3) is 5.91 Å². The topological polar surface area (TPSA) is 75.7 Å². The van der Waals surface area contributed by atoms with Crippen LogP contribution in [-0.2, 0) is 15.4 Å². The molecule has 0 fully saturated rings. The van der Waals surface area contributed by atoms with Crippen LogP contribution in [0.5, 0.6) is 5.75 Å². The highest BCUT2D eigenvalue weighted by Gasteiger charge is 2.26. The number of hydrogen-bond acceptors (Lipinski definition) is 4. The lowest BCUT2D eigenvalue weighted by Crippen LogP contribution is -2.36. The van der Waals surface area contributed by atoms with E-state index < -0.39 is 21.3 Å². The molecule has 0 bridgehead atoms. The molecule has 0 aliphatic heterocycles. The highest BCUT2D eigenvalue weighted by Crippen LogP contribution is 2.30. The summed E-state index contributed by atoms with van der Waals surface area (Å²) in [6.07, 6.45) is 0. The minimum atomic E-state index is -3.77. The molecule has 0 aromatic heterocycles. The van der Waals surface area contributed by atoms with Crippen molar-refractivity contribution < 1.29 is 17.9 Å². The van der Waals surface area contributed by atoms with Gasteiger partial charge in [0.2, 0.25) is 10.0 Å². The molecule has 2 aromatic rings. The molecular formula is C20H24Cl2N2O4S. The molecule has 0 saturated carbocycles. The smallest absolute Gasteiger partial charge is 0.251 e. The van der Waals surface area contributed by atoms with Crippen molar-refractivity contribution in [2.75, 3.05) is 27.7 Å². The number of carbonyl (C=O) groups is 1. The monoisotopic (exact) mass is 458 g/mol. The fraction of sp³-hybridized carbons (Fsp3) is 0.350. The molecule has 0 radical (unpaired) electrons. The number of halogens is 2. The number of nitrogens with one attached hydrogen (secondary N) is 1. The summed E-state index contributed by atoms with van der Waals surface area (Å²) < 4.78 is 31.3. The molecular weight excluding hydrogens is 435 g/mol. The zero-order chi connectivity index (χ0) is 22.0. The van der Waals surface area contributed by atoms with E-state index in [0.29, 0.717) is 16.6 Å². The van der Waals surface area contributed by atoms with Gasteiger partial charge in [-0.25, -0.2) is 12.7 Å². The molecule has 9 heteroatoms. The summed E-state index contributed by atoms with van der Waals surface area (Å²) in [6.45, 7) is 4.23. The third-order valence-corrected chi connectivity index (χ3v) is 7.15.